The fourth-order valence-corrected chi connectivity index (χ4v) is 2.70. The maximum Gasteiger partial charge on any atom is 0.259 e. The number of hydrogen-bond acceptors (Lipinski definition) is 4. The Hall–Kier alpha value is -2.83. The van der Waals surface area contributed by atoms with Crippen molar-refractivity contribution in [2.45, 2.75) is 13.5 Å². The molecule has 0 aliphatic carbocycles. The molecule has 1 aromatic heterocycles. The summed E-state index contributed by atoms with van der Waals surface area (Å²) in [5.41, 5.74) is 2.16. The molecule has 0 fully saturated rings. The van der Waals surface area contributed by atoms with Crippen LogP contribution in [0.1, 0.15) is 21.5 Å². The van der Waals surface area contributed by atoms with Gasteiger partial charge < -0.3 is 15.4 Å². The average Bonchev–Trinajstić information content (AvgIpc) is 2.69. The second-order valence-electron chi connectivity index (χ2n) is 6.15. The van der Waals surface area contributed by atoms with E-state index in [-0.39, 0.29) is 23.4 Å². The average molecular weight is 436 g/mol. The summed E-state index contributed by atoms with van der Waals surface area (Å²) < 4.78 is 18.9. The van der Waals surface area contributed by atoms with Gasteiger partial charge in [0.25, 0.3) is 5.91 Å². The van der Waals surface area contributed by atoms with Gasteiger partial charge in [0.1, 0.15) is 22.5 Å². The van der Waals surface area contributed by atoms with Gasteiger partial charge in [0.05, 0.1) is 12.7 Å². The summed E-state index contributed by atoms with van der Waals surface area (Å²) in [7, 11) is 1.61. The number of methoxy groups -OCH3 is 1. The third-order valence-corrected chi connectivity index (χ3v) is 4.37. The molecule has 1 heterocycles. The van der Waals surface area contributed by atoms with Crippen LogP contribution in [0.3, 0.4) is 0 Å². The Kier molecular flexibility index (Phi) is 7.82. The molecule has 0 spiro atoms. The molecule has 0 radical (unpaired) electrons. The Morgan fingerprint density at radius 1 is 1.14 bits per heavy atom. The quantitative estimate of drug-likeness (QED) is 0.503. The molecule has 3 rings (SSSR count). The molecule has 1 amide bonds. The zero-order valence-corrected chi connectivity index (χ0v) is 17.4. The summed E-state index contributed by atoms with van der Waals surface area (Å²) in [5.74, 6) is 0.304. The molecule has 5 nitrogen and oxygen atoms in total. The molecule has 8 heteroatoms. The van der Waals surface area contributed by atoms with Crippen LogP contribution in [-0.2, 0) is 6.54 Å². The lowest BCUT2D eigenvalue weighted by Crippen LogP contribution is -2.16. The molecule has 0 saturated carbocycles. The molecule has 2 N–H and O–H groups in total. The Bertz CT molecular complexity index is 998. The number of carbonyl (C=O) groups is 1. The van der Waals surface area contributed by atoms with Crippen molar-refractivity contribution in [1.29, 1.82) is 0 Å². The van der Waals surface area contributed by atoms with Crippen LogP contribution >= 0.6 is 24.0 Å². The van der Waals surface area contributed by atoms with Gasteiger partial charge in [-0.3, -0.25) is 4.79 Å². The molecule has 0 saturated heterocycles. The normalized spacial score (nSPS) is 10.1. The number of carbonyl (C=O) groups excluding carboxylic acids is 1. The minimum atomic E-state index is -0.412. The number of halogens is 3. The first-order valence-corrected chi connectivity index (χ1v) is 8.95. The first-order valence-electron chi connectivity index (χ1n) is 8.57. The highest BCUT2D eigenvalue weighted by atomic mass is 35.5. The number of nitrogens with zero attached hydrogens (tertiary/aromatic N) is 1. The maximum atomic E-state index is 13.7. The molecule has 0 unspecified atom stereocenters. The van der Waals surface area contributed by atoms with E-state index in [0.717, 1.165) is 11.3 Å². The van der Waals surface area contributed by atoms with E-state index in [2.05, 4.69) is 15.6 Å². The molecule has 0 bridgehead atoms. The lowest BCUT2D eigenvalue weighted by atomic mass is 10.2. The van der Waals surface area contributed by atoms with E-state index in [1.165, 1.54) is 12.1 Å². The van der Waals surface area contributed by atoms with Crippen LogP contribution in [0.15, 0.2) is 54.6 Å². The van der Waals surface area contributed by atoms with Crippen molar-refractivity contribution in [2.24, 2.45) is 0 Å². The van der Waals surface area contributed by atoms with E-state index < -0.39 is 5.91 Å². The van der Waals surface area contributed by atoms with Crippen molar-refractivity contribution in [2.75, 3.05) is 17.7 Å². The number of benzene rings is 2. The van der Waals surface area contributed by atoms with Crippen molar-refractivity contribution in [3.8, 4) is 5.75 Å². The van der Waals surface area contributed by atoms with Crippen LogP contribution in [0.5, 0.6) is 5.75 Å². The Balaban J connectivity index is 0.00000300. The van der Waals surface area contributed by atoms with Crippen molar-refractivity contribution < 1.29 is 13.9 Å². The minimum Gasteiger partial charge on any atom is -0.497 e. The van der Waals surface area contributed by atoms with Gasteiger partial charge >= 0.3 is 0 Å². The summed E-state index contributed by atoms with van der Waals surface area (Å²) >= 11 is 5.99. The highest BCUT2D eigenvalue weighted by Crippen LogP contribution is 2.21. The van der Waals surface area contributed by atoms with Gasteiger partial charge in [0, 0.05) is 12.2 Å². The Morgan fingerprint density at radius 3 is 2.52 bits per heavy atom. The lowest BCUT2D eigenvalue weighted by molar-refractivity contribution is 0.102. The van der Waals surface area contributed by atoms with Crippen LogP contribution in [0.4, 0.5) is 15.9 Å². The number of anilines is 2. The summed E-state index contributed by atoms with van der Waals surface area (Å²) in [6, 6.07) is 15.1. The number of aryl methyl sites for hydroxylation is 1. The van der Waals surface area contributed by atoms with Gasteiger partial charge in [-0.05, 0) is 54.4 Å². The fraction of sp³-hybridized carbons (Fsp3) is 0.143. The molecule has 3 aromatic rings. The monoisotopic (exact) mass is 435 g/mol. The minimum absolute atomic E-state index is 0. The number of nitrogens with one attached hydrogen (secondary N) is 2. The third kappa shape index (κ3) is 5.82. The molecule has 2 aromatic carbocycles. The Morgan fingerprint density at radius 2 is 1.86 bits per heavy atom. The van der Waals surface area contributed by atoms with Crippen molar-refractivity contribution in [1.82, 2.24) is 4.98 Å². The van der Waals surface area contributed by atoms with Gasteiger partial charge in [-0.1, -0.05) is 29.8 Å². The number of pyridine rings is 1. The van der Waals surface area contributed by atoms with Crippen LogP contribution < -0.4 is 15.4 Å². The fourth-order valence-electron chi connectivity index (χ4n) is 2.55. The first-order chi connectivity index (χ1) is 13.5. The smallest absolute Gasteiger partial charge is 0.259 e. The van der Waals surface area contributed by atoms with E-state index in [0.29, 0.717) is 29.2 Å². The molecule has 0 atom stereocenters. The summed E-state index contributed by atoms with van der Waals surface area (Å²) in [6.45, 7) is 2.10. The van der Waals surface area contributed by atoms with E-state index >= 15 is 0 Å². The van der Waals surface area contributed by atoms with E-state index in [1.54, 1.807) is 32.2 Å². The van der Waals surface area contributed by atoms with Gasteiger partial charge in [-0.25, -0.2) is 9.37 Å². The van der Waals surface area contributed by atoms with E-state index in [4.69, 9.17) is 16.3 Å². The SMILES string of the molecule is COc1ccc(CNc2nc(Cl)ccc2C(=O)Nc2ccc(C)c(F)c2)cc1.Cl. The number of rotatable bonds is 6. The molecule has 152 valence electrons. The number of ether oxygens (including phenoxy) is 1. The summed E-state index contributed by atoms with van der Waals surface area (Å²) in [6.07, 6.45) is 0. The van der Waals surface area contributed by atoms with E-state index in [9.17, 15) is 9.18 Å². The lowest BCUT2D eigenvalue weighted by Gasteiger charge is -2.12. The summed E-state index contributed by atoms with van der Waals surface area (Å²) in [4.78, 5) is 16.9. The highest BCUT2D eigenvalue weighted by Gasteiger charge is 2.14. The predicted octanol–water partition coefficient (Wildman–Crippen LogP) is 5.48. The number of amides is 1. The first kappa shape index (κ1) is 22.5. The van der Waals surface area contributed by atoms with Gasteiger partial charge in [0.15, 0.2) is 0 Å². The van der Waals surface area contributed by atoms with Crippen molar-refractivity contribution >= 4 is 41.4 Å². The van der Waals surface area contributed by atoms with Gasteiger partial charge in [-0.15, -0.1) is 12.4 Å². The maximum absolute atomic E-state index is 13.7. The highest BCUT2D eigenvalue weighted by molar-refractivity contribution is 6.29. The second-order valence-corrected chi connectivity index (χ2v) is 6.54. The van der Waals surface area contributed by atoms with E-state index in [1.807, 2.05) is 24.3 Å². The molecule has 0 aliphatic rings. The topological polar surface area (TPSA) is 63.2 Å². The number of hydrogen-bond donors (Lipinski definition) is 2. The standard InChI is InChI=1S/C21H19ClFN3O2.ClH/c1-13-3-6-15(11-18(13)23)25-21(27)17-9-10-19(22)26-20(17)24-12-14-4-7-16(28-2)8-5-14;/h3-11H,12H2,1-2H3,(H,24,26)(H,25,27);1H. The second kappa shape index (κ2) is 10.1. The largest absolute Gasteiger partial charge is 0.497 e. The van der Waals surface area contributed by atoms with Crippen LogP contribution in [0.2, 0.25) is 5.15 Å². The number of aromatic nitrogens is 1. The van der Waals surface area contributed by atoms with Crippen molar-refractivity contribution in [3.63, 3.8) is 0 Å². The predicted molar refractivity (Wildman–Crippen MR) is 116 cm³/mol. The molecular formula is C21H20Cl2FN3O2. The molecule has 29 heavy (non-hydrogen) atoms. The zero-order chi connectivity index (χ0) is 20.1. The van der Waals surface area contributed by atoms with Crippen LogP contribution in [0, 0.1) is 12.7 Å². The van der Waals surface area contributed by atoms with Crippen LogP contribution in [0.25, 0.3) is 0 Å². The van der Waals surface area contributed by atoms with Crippen LogP contribution in [-0.4, -0.2) is 18.0 Å². The van der Waals surface area contributed by atoms with Crippen molar-refractivity contribution in [3.05, 3.63) is 82.3 Å². The van der Waals surface area contributed by atoms with Gasteiger partial charge in [0.2, 0.25) is 0 Å². The molecular weight excluding hydrogens is 416 g/mol. The molecule has 0 aliphatic heterocycles. The third-order valence-electron chi connectivity index (χ3n) is 4.15. The Labute approximate surface area is 179 Å². The zero-order valence-electron chi connectivity index (χ0n) is 15.8. The summed E-state index contributed by atoms with van der Waals surface area (Å²) in [5, 5.41) is 6.06. The van der Waals surface area contributed by atoms with Gasteiger partial charge in [-0.2, -0.15) is 0 Å².